The summed E-state index contributed by atoms with van der Waals surface area (Å²) in [6.45, 7) is 5.41. The van der Waals surface area contributed by atoms with E-state index in [9.17, 15) is 13.5 Å². The Hall–Kier alpha value is -0.800. The molecule has 1 aliphatic heterocycles. The van der Waals surface area contributed by atoms with Gasteiger partial charge >= 0.3 is 0 Å². The van der Waals surface area contributed by atoms with Crippen molar-refractivity contribution in [3.63, 3.8) is 0 Å². The van der Waals surface area contributed by atoms with Gasteiger partial charge in [-0.15, -0.1) is 0 Å². The molecule has 1 heterocycles. The Morgan fingerprint density at radius 3 is 2.62 bits per heavy atom. The van der Waals surface area contributed by atoms with Crippen LogP contribution in [0.25, 0.3) is 0 Å². The van der Waals surface area contributed by atoms with Gasteiger partial charge in [-0.1, -0.05) is 43.3 Å². The molecule has 1 unspecified atom stereocenters. The number of aliphatic hydroxyl groups is 1. The highest BCUT2D eigenvalue weighted by Gasteiger charge is 2.44. The topological polar surface area (TPSA) is 73.2 Å². The molecular weight excluding hydrogens is 394 g/mol. The van der Waals surface area contributed by atoms with Crippen LogP contribution in [0.15, 0.2) is 28.1 Å². The number of benzene rings is 1. The zero-order valence-electron chi connectivity index (χ0n) is 15.6. The van der Waals surface area contributed by atoms with Gasteiger partial charge in [-0.2, -0.15) is 0 Å². The molecule has 0 aliphatic carbocycles. The van der Waals surface area contributed by atoms with Crippen LogP contribution >= 0.6 is 23.4 Å². The standard InChI is InChI=1S/C17H26ClN3O3S2/c1-5-9-19-16-21(10-6-2)17(22,12-25-16)13-7-8-14(18)15(11-13)26(23,24)20(3)4/h7-8,11,22H,5-6,9-10,12H2,1-4H3. The van der Waals surface area contributed by atoms with E-state index in [2.05, 4.69) is 11.9 Å². The molecule has 1 atom stereocenters. The maximum absolute atomic E-state index is 12.6. The van der Waals surface area contributed by atoms with Crippen LogP contribution in [-0.4, -0.2) is 60.8 Å². The van der Waals surface area contributed by atoms with Gasteiger partial charge in [0.05, 0.1) is 10.8 Å². The molecule has 26 heavy (non-hydrogen) atoms. The minimum atomic E-state index is -3.71. The predicted molar refractivity (Wildman–Crippen MR) is 108 cm³/mol. The highest BCUT2D eigenvalue weighted by molar-refractivity contribution is 8.14. The smallest absolute Gasteiger partial charge is 0.244 e. The molecule has 0 amide bonds. The van der Waals surface area contributed by atoms with Gasteiger partial charge in [0.15, 0.2) is 10.9 Å². The van der Waals surface area contributed by atoms with Crippen LogP contribution in [0.2, 0.25) is 5.02 Å². The summed E-state index contributed by atoms with van der Waals surface area (Å²) in [6, 6.07) is 4.69. The lowest BCUT2D eigenvalue weighted by Gasteiger charge is -2.34. The minimum Gasteiger partial charge on any atom is -0.366 e. The van der Waals surface area contributed by atoms with E-state index >= 15 is 0 Å². The molecule has 0 saturated carbocycles. The Labute approximate surface area is 165 Å². The lowest BCUT2D eigenvalue weighted by Crippen LogP contribution is -2.45. The summed E-state index contributed by atoms with van der Waals surface area (Å²) in [5, 5.41) is 12.3. The second-order valence-electron chi connectivity index (χ2n) is 6.35. The van der Waals surface area contributed by atoms with Gasteiger partial charge in [0.25, 0.3) is 0 Å². The Kier molecular flexibility index (Phi) is 7.01. The molecule has 0 spiro atoms. The van der Waals surface area contributed by atoms with Gasteiger partial charge in [0.2, 0.25) is 10.0 Å². The quantitative estimate of drug-likeness (QED) is 0.735. The number of halogens is 1. The molecular formula is C17H26ClN3O3S2. The monoisotopic (exact) mass is 419 g/mol. The molecule has 0 aromatic heterocycles. The molecule has 1 fully saturated rings. The molecule has 146 valence electrons. The molecule has 9 heteroatoms. The number of rotatable bonds is 7. The number of thioether (sulfide) groups is 1. The van der Waals surface area contributed by atoms with Crippen molar-refractivity contribution in [1.82, 2.24) is 9.21 Å². The number of amidine groups is 1. The van der Waals surface area contributed by atoms with Crippen molar-refractivity contribution in [2.75, 3.05) is 32.9 Å². The molecule has 1 aliphatic rings. The summed E-state index contributed by atoms with van der Waals surface area (Å²) in [4.78, 5) is 6.43. The first-order valence-corrected chi connectivity index (χ1v) is 11.4. The van der Waals surface area contributed by atoms with E-state index in [0.29, 0.717) is 24.4 Å². The second-order valence-corrected chi connectivity index (χ2v) is 9.82. The van der Waals surface area contributed by atoms with Crippen LogP contribution in [0, 0.1) is 0 Å². The summed E-state index contributed by atoms with van der Waals surface area (Å²) in [5.74, 6) is 0.388. The fourth-order valence-electron chi connectivity index (χ4n) is 2.71. The van der Waals surface area contributed by atoms with E-state index in [4.69, 9.17) is 11.6 Å². The van der Waals surface area contributed by atoms with Crippen LogP contribution in [0.4, 0.5) is 0 Å². The molecule has 2 rings (SSSR count). The Morgan fingerprint density at radius 2 is 2.04 bits per heavy atom. The normalized spacial score (nSPS) is 22.6. The van der Waals surface area contributed by atoms with Crippen molar-refractivity contribution in [1.29, 1.82) is 0 Å². The molecule has 0 radical (unpaired) electrons. The van der Waals surface area contributed by atoms with Crippen LogP contribution < -0.4 is 0 Å². The summed E-state index contributed by atoms with van der Waals surface area (Å²) in [7, 11) is -0.798. The highest BCUT2D eigenvalue weighted by atomic mass is 35.5. The maximum Gasteiger partial charge on any atom is 0.244 e. The highest BCUT2D eigenvalue weighted by Crippen LogP contribution is 2.40. The Morgan fingerprint density at radius 1 is 1.35 bits per heavy atom. The molecule has 6 nitrogen and oxygen atoms in total. The second kappa shape index (κ2) is 8.48. The zero-order valence-corrected chi connectivity index (χ0v) is 18.0. The first-order valence-electron chi connectivity index (χ1n) is 8.58. The third kappa shape index (κ3) is 4.04. The van der Waals surface area contributed by atoms with E-state index < -0.39 is 15.7 Å². The van der Waals surface area contributed by atoms with Crippen molar-refractivity contribution in [3.8, 4) is 0 Å². The van der Waals surface area contributed by atoms with E-state index in [1.165, 1.54) is 38.0 Å². The van der Waals surface area contributed by atoms with Gasteiger partial charge in [-0.25, -0.2) is 12.7 Å². The molecule has 1 aromatic rings. The van der Waals surface area contributed by atoms with Gasteiger partial charge in [0, 0.05) is 32.7 Å². The lowest BCUT2D eigenvalue weighted by atomic mass is 10.0. The number of hydrogen-bond acceptors (Lipinski definition) is 5. The Balaban J connectivity index is 2.52. The number of sulfonamides is 1. The van der Waals surface area contributed by atoms with Crippen LogP contribution in [-0.2, 0) is 15.7 Å². The summed E-state index contributed by atoms with van der Waals surface area (Å²) >= 11 is 7.63. The molecule has 1 saturated heterocycles. The van der Waals surface area contributed by atoms with Gasteiger partial charge in [0.1, 0.15) is 4.90 Å². The average molecular weight is 420 g/mol. The number of hydrogen-bond donors (Lipinski definition) is 1. The van der Waals surface area contributed by atoms with Gasteiger partial charge < -0.3 is 10.0 Å². The summed E-state index contributed by atoms with van der Waals surface area (Å²) < 4.78 is 26.2. The van der Waals surface area contributed by atoms with E-state index in [1.54, 1.807) is 6.07 Å². The molecule has 1 N–H and O–H groups in total. The van der Waals surface area contributed by atoms with E-state index in [-0.39, 0.29) is 9.92 Å². The predicted octanol–water partition coefficient (Wildman–Crippen LogP) is 2.96. The first kappa shape index (κ1) is 21.5. The van der Waals surface area contributed by atoms with Gasteiger partial charge in [-0.05, 0) is 25.0 Å². The molecule has 0 bridgehead atoms. The third-order valence-corrected chi connectivity index (χ3v) is 7.60. The fourth-order valence-corrected chi connectivity index (χ4v) is 5.34. The van der Waals surface area contributed by atoms with Crippen LogP contribution in [0.3, 0.4) is 0 Å². The summed E-state index contributed by atoms with van der Waals surface area (Å²) in [5.41, 5.74) is -0.806. The van der Waals surface area contributed by atoms with Crippen molar-refractivity contribution in [2.45, 2.75) is 37.3 Å². The lowest BCUT2D eigenvalue weighted by molar-refractivity contribution is -0.0479. The van der Waals surface area contributed by atoms with Crippen molar-refractivity contribution < 1.29 is 13.5 Å². The first-order chi connectivity index (χ1) is 12.2. The zero-order chi connectivity index (χ0) is 19.5. The van der Waals surface area contributed by atoms with Crippen molar-refractivity contribution in [2.24, 2.45) is 4.99 Å². The van der Waals surface area contributed by atoms with Crippen molar-refractivity contribution >= 4 is 38.6 Å². The fraction of sp³-hybridized carbons (Fsp3) is 0.588. The Bertz CT molecular complexity index is 783. The van der Waals surface area contributed by atoms with Crippen molar-refractivity contribution in [3.05, 3.63) is 28.8 Å². The summed E-state index contributed by atoms with van der Waals surface area (Å²) in [6.07, 6.45) is 1.76. The third-order valence-electron chi connectivity index (χ3n) is 4.15. The number of nitrogens with zero attached hydrogens (tertiary/aromatic N) is 3. The van der Waals surface area contributed by atoms with E-state index in [1.807, 2.05) is 11.8 Å². The van der Waals surface area contributed by atoms with Crippen LogP contribution in [0.5, 0.6) is 0 Å². The average Bonchev–Trinajstić information content (AvgIpc) is 2.91. The van der Waals surface area contributed by atoms with Crippen LogP contribution in [0.1, 0.15) is 32.3 Å². The SMILES string of the molecule is CCCN=C1SCC(O)(c2ccc(Cl)c(S(=O)(=O)N(C)C)c2)N1CCC. The van der Waals surface area contributed by atoms with E-state index in [0.717, 1.165) is 22.3 Å². The largest absolute Gasteiger partial charge is 0.366 e. The maximum atomic E-state index is 12.6. The minimum absolute atomic E-state index is 0.00418. The molecule has 1 aromatic carbocycles. The number of aliphatic imine (C=N–C) groups is 1. The van der Waals surface area contributed by atoms with Gasteiger partial charge in [-0.3, -0.25) is 4.99 Å².